The first-order valence-electron chi connectivity index (χ1n) is 13.6. The third-order valence-electron chi connectivity index (χ3n) is 6.46. The van der Waals surface area contributed by atoms with Crippen LogP contribution in [0, 0.1) is 11.6 Å². The third kappa shape index (κ3) is 8.67. The van der Waals surface area contributed by atoms with Gasteiger partial charge in [0, 0.05) is 12.0 Å². The molecule has 7 nitrogen and oxygen atoms in total. The summed E-state index contributed by atoms with van der Waals surface area (Å²) >= 11 is 0. The number of benzene rings is 4. The Morgan fingerprint density at radius 2 is 1.37 bits per heavy atom. The Hall–Kier alpha value is -5.15. The lowest BCUT2D eigenvalue weighted by atomic mass is 10.0. The van der Waals surface area contributed by atoms with E-state index in [1.807, 2.05) is 30.3 Å². The monoisotopic (exact) mass is 582 g/mol. The zero-order chi connectivity index (χ0) is 30.0. The van der Waals surface area contributed by atoms with Crippen molar-refractivity contribution >= 4 is 11.7 Å². The number of nitrogens with zero attached hydrogens (tertiary/aromatic N) is 1. The zero-order valence-corrected chi connectivity index (χ0v) is 23.0. The highest BCUT2D eigenvalue weighted by Crippen LogP contribution is 2.22. The lowest BCUT2D eigenvalue weighted by Crippen LogP contribution is -2.45. The fourth-order valence-electron chi connectivity index (χ4n) is 4.24. The van der Waals surface area contributed by atoms with E-state index in [0.717, 1.165) is 11.1 Å². The van der Waals surface area contributed by atoms with Gasteiger partial charge in [0.15, 0.2) is 5.78 Å². The molecule has 1 N–H and O–H groups in total. The Morgan fingerprint density at radius 1 is 0.767 bits per heavy atom. The fourth-order valence-corrected chi connectivity index (χ4v) is 4.24. The van der Waals surface area contributed by atoms with Crippen LogP contribution in [0.4, 0.5) is 8.78 Å². The molecule has 1 amide bonds. The number of carbonyl (C=O) groups is 2. The summed E-state index contributed by atoms with van der Waals surface area (Å²) in [5, 5.41) is 2.77. The lowest BCUT2D eigenvalue weighted by Gasteiger charge is -2.18. The van der Waals surface area contributed by atoms with Crippen LogP contribution in [-0.4, -0.2) is 29.3 Å². The van der Waals surface area contributed by atoms with Gasteiger partial charge >= 0.3 is 0 Å². The maximum absolute atomic E-state index is 13.3. The third-order valence-corrected chi connectivity index (χ3v) is 6.46. The number of carbonyl (C=O) groups excluding carboxylic acids is 2. The second-order valence-corrected chi connectivity index (χ2v) is 9.79. The number of oxazole rings is 1. The van der Waals surface area contributed by atoms with Gasteiger partial charge in [0.25, 0.3) is 0 Å². The summed E-state index contributed by atoms with van der Waals surface area (Å²) in [5.74, 6) is 0.00552. The van der Waals surface area contributed by atoms with Crippen LogP contribution in [0.5, 0.6) is 11.5 Å². The van der Waals surface area contributed by atoms with Gasteiger partial charge in [-0.05, 0) is 71.8 Å². The average molecular weight is 583 g/mol. The largest absolute Gasteiger partial charge is 0.457 e. The molecule has 0 fully saturated rings. The van der Waals surface area contributed by atoms with Gasteiger partial charge in [-0.25, -0.2) is 13.8 Å². The van der Waals surface area contributed by atoms with Crippen LogP contribution >= 0.6 is 0 Å². The predicted octanol–water partition coefficient (Wildman–Crippen LogP) is 6.47. The first kappa shape index (κ1) is 29.3. The number of ether oxygens (including phenoxy) is 2. The highest BCUT2D eigenvalue weighted by atomic mass is 19.1. The SMILES string of the molecule is O=C(Cc1coc(-c2ccccc2)n1)N[C@@H](COCc1ccc(F)cc1)C(=O)Cc1ccc(Oc2ccc(F)cc2)cc1. The van der Waals surface area contributed by atoms with Crippen LogP contribution < -0.4 is 10.1 Å². The molecular formula is C34H28F2N2O5. The van der Waals surface area contributed by atoms with E-state index in [1.165, 1.54) is 42.7 Å². The molecule has 0 spiro atoms. The Bertz CT molecular complexity index is 1640. The van der Waals surface area contributed by atoms with E-state index < -0.39 is 11.9 Å². The Labute approximate surface area is 247 Å². The minimum atomic E-state index is -0.941. The summed E-state index contributed by atoms with van der Waals surface area (Å²) in [6.45, 7) is 0.0564. The van der Waals surface area contributed by atoms with Crippen molar-refractivity contribution < 1.29 is 32.3 Å². The second kappa shape index (κ2) is 14.2. The molecule has 43 heavy (non-hydrogen) atoms. The van der Waals surface area contributed by atoms with Crippen LogP contribution in [-0.2, 0) is 33.8 Å². The second-order valence-electron chi connectivity index (χ2n) is 9.79. The Morgan fingerprint density at radius 3 is 2.05 bits per heavy atom. The molecular weight excluding hydrogens is 554 g/mol. The van der Waals surface area contributed by atoms with Gasteiger partial charge in [-0.1, -0.05) is 42.5 Å². The van der Waals surface area contributed by atoms with E-state index in [9.17, 15) is 18.4 Å². The maximum atomic E-state index is 13.3. The standard InChI is InChI=1S/C34H28F2N2O5/c35-26-10-6-24(7-11-26)20-41-22-31(38-33(40)19-28-21-42-34(37-28)25-4-2-1-3-5-25)32(39)18-23-8-14-29(15-9-23)43-30-16-12-27(36)13-17-30/h1-17,21,31H,18-20,22H2,(H,38,40)/t31-/m0/s1. The van der Waals surface area contributed by atoms with Gasteiger partial charge in [-0.3, -0.25) is 9.59 Å². The van der Waals surface area contributed by atoms with Crippen molar-refractivity contribution in [3.05, 3.63) is 138 Å². The van der Waals surface area contributed by atoms with E-state index in [1.54, 1.807) is 36.4 Å². The van der Waals surface area contributed by atoms with Crippen LogP contribution in [0.2, 0.25) is 0 Å². The number of amides is 1. The molecule has 0 bridgehead atoms. The van der Waals surface area contributed by atoms with E-state index in [-0.39, 0.29) is 43.5 Å². The topological polar surface area (TPSA) is 90.7 Å². The van der Waals surface area contributed by atoms with Gasteiger partial charge < -0.3 is 19.2 Å². The number of halogens is 2. The van der Waals surface area contributed by atoms with Gasteiger partial charge in [0.1, 0.15) is 35.4 Å². The number of ketones is 1. The summed E-state index contributed by atoms with van der Waals surface area (Å²) in [5.41, 5.74) is 2.64. The Balaban J connectivity index is 1.22. The van der Waals surface area contributed by atoms with Crippen LogP contribution in [0.1, 0.15) is 16.8 Å². The van der Waals surface area contributed by atoms with E-state index >= 15 is 0 Å². The van der Waals surface area contributed by atoms with Crippen LogP contribution in [0.25, 0.3) is 11.5 Å². The molecule has 5 aromatic rings. The van der Waals surface area contributed by atoms with E-state index in [2.05, 4.69) is 10.3 Å². The predicted molar refractivity (Wildman–Crippen MR) is 155 cm³/mol. The van der Waals surface area contributed by atoms with Gasteiger partial charge in [0.2, 0.25) is 11.8 Å². The smallest absolute Gasteiger partial charge is 0.226 e. The summed E-state index contributed by atoms with van der Waals surface area (Å²) in [6, 6.07) is 26.8. The Kier molecular flexibility index (Phi) is 9.66. The number of hydrogen-bond donors (Lipinski definition) is 1. The van der Waals surface area contributed by atoms with E-state index in [0.29, 0.717) is 28.6 Å². The molecule has 4 aromatic carbocycles. The van der Waals surface area contributed by atoms with Crippen molar-refractivity contribution in [3.8, 4) is 23.0 Å². The molecule has 0 aliphatic heterocycles. The molecule has 0 radical (unpaired) electrons. The van der Waals surface area contributed by atoms with Crippen molar-refractivity contribution in [2.75, 3.05) is 6.61 Å². The molecule has 1 atom stereocenters. The molecule has 0 aliphatic carbocycles. The molecule has 0 aliphatic rings. The van der Waals surface area contributed by atoms with E-state index in [4.69, 9.17) is 13.9 Å². The number of hydrogen-bond acceptors (Lipinski definition) is 6. The molecule has 1 heterocycles. The maximum Gasteiger partial charge on any atom is 0.226 e. The van der Waals surface area contributed by atoms with Gasteiger partial charge in [0.05, 0.1) is 25.3 Å². The first-order valence-corrected chi connectivity index (χ1v) is 13.6. The van der Waals surface area contributed by atoms with Crippen molar-refractivity contribution in [1.82, 2.24) is 10.3 Å². The highest BCUT2D eigenvalue weighted by molar-refractivity contribution is 5.91. The van der Waals surface area contributed by atoms with Gasteiger partial charge in [-0.15, -0.1) is 0 Å². The summed E-state index contributed by atoms with van der Waals surface area (Å²) in [7, 11) is 0. The lowest BCUT2D eigenvalue weighted by molar-refractivity contribution is -0.128. The molecule has 0 saturated carbocycles. The van der Waals surface area contributed by atoms with Crippen LogP contribution in [0.3, 0.4) is 0 Å². The van der Waals surface area contributed by atoms with Crippen molar-refractivity contribution in [2.24, 2.45) is 0 Å². The molecule has 9 heteroatoms. The minimum Gasteiger partial charge on any atom is -0.457 e. The number of aromatic nitrogens is 1. The molecule has 0 saturated heterocycles. The number of Topliss-reactive ketones (excluding diaryl/α,β-unsaturated/α-hetero) is 1. The van der Waals surface area contributed by atoms with Crippen molar-refractivity contribution in [1.29, 1.82) is 0 Å². The molecule has 5 rings (SSSR count). The summed E-state index contributed by atoms with van der Waals surface area (Å²) in [4.78, 5) is 30.7. The average Bonchev–Trinajstić information content (AvgIpc) is 3.48. The molecule has 0 unspecified atom stereocenters. The van der Waals surface area contributed by atoms with Crippen molar-refractivity contribution in [2.45, 2.75) is 25.5 Å². The number of rotatable bonds is 13. The van der Waals surface area contributed by atoms with Gasteiger partial charge in [-0.2, -0.15) is 0 Å². The number of nitrogens with one attached hydrogen (secondary N) is 1. The highest BCUT2D eigenvalue weighted by Gasteiger charge is 2.22. The van der Waals surface area contributed by atoms with Crippen molar-refractivity contribution in [3.63, 3.8) is 0 Å². The minimum absolute atomic E-state index is 0.0315. The first-order chi connectivity index (χ1) is 20.9. The fraction of sp³-hybridized carbons (Fsp3) is 0.147. The summed E-state index contributed by atoms with van der Waals surface area (Å²) in [6.07, 6.45) is 1.36. The molecule has 218 valence electrons. The summed E-state index contributed by atoms with van der Waals surface area (Å²) < 4.78 is 43.4. The zero-order valence-electron chi connectivity index (χ0n) is 23.0. The normalized spacial score (nSPS) is 11.6. The quantitative estimate of drug-likeness (QED) is 0.171. The van der Waals surface area contributed by atoms with Crippen LogP contribution in [0.15, 0.2) is 114 Å². The molecule has 1 aromatic heterocycles.